The summed E-state index contributed by atoms with van der Waals surface area (Å²) in [5, 5.41) is 3.92. The van der Waals surface area contributed by atoms with E-state index in [0.717, 1.165) is 46.1 Å². The van der Waals surface area contributed by atoms with Crippen LogP contribution in [0.3, 0.4) is 0 Å². The fraction of sp³-hybridized carbons (Fsp3) is 0.431. The number of ether oxygens (including phenoxy) is 5. The number of nitrogens with two attached hydrogens (primary N) is 1. The number of halogens is 7. The Morgan fingerprint density at radius 1 is 0.571 bits per heavy atom. The predicted octanol–water partition coefficient (Wildman–Crippen LogP) is 10.1. The van der Waals surface area contributed by atoms with Crippen molar-refractivity contribution in [1.29, 1.82) is 0 Å². The summed E-state index contributed by atoms with van der Waals surface area (Å²) >= 11 is 0. The fourth-order valence-corrected chi connectivity index (χ4v) is 19.3. The minimum atomic E-state index is -4.68. The van der Waals surface area contributed by atoms with Crippen molar-refractivity contribution in [2.75, 3.05) is 53.3 Å². The molecule has 0 amide bonds. The zero-order valence-electron chi connectivity index (χ0n) is 44.3. The molecule has 3 heterocycles. The molecule has 2 aliphatic rings. The molecule has 416 valence electrons. The first-order chi connectivity index (χ1) is 36.4. The summed E-state index contributed by atoms with van der Waals surface area (Å²) in [6.07, 6.45) is -9.91. The Bertz CT molecular complexity index is 2740. The van der Waals surface area contributed by atoms with E-state index in [9.17, 15) is 26.7 Å². The van der Waals surface area contributed by atoms with E-state index in [0.29, 0.717) is 0 Å². The third kappa shape index (κ3) is 13.3. The van der Waals surface area contributed by atoms with Crippen molar-refractivity contribution in [2.45, 2.75) is 107 Å². The number of carbonyl (C=O) groups excluding carboxylic acids is 1. The Hall–Kier alpha value is -5.23. The van der Waals surface area contributed by atoms with Gasteiger partial charge in [-0.2, -0.15) is 13.2 Å². The molecule has 2 N–H and O–H groups in total. The second-order valence-corrected chi connectivity index (χ2v) is 30.0. The number of hydrogen-bond donors (Lipinski definition) is 1. The Morgan fingerprint density at radius 3 is 1.31 bits per heavy atom. The Balaban J connectivity index is 0.000000247. The maximum Gasteiger partial charge on any atom is 0.416 e. The van der Waals surface area contributed by atoms with E-state index in [-0.39, 0.29) is 59.6 Å². The minimum absolute atomic E-state index is 0.0438. The van der Waals surface area contributed by atoms with Gasteiger partial charge in [0, 0.05) is 17.4 Å². The van der Waals surface area contributed by atoms with Crippen molar-refractivity contribution in [3.05, 3.63) is 156 Å². The molecule has 1 aromatic heterocycles. The number of fused-ring (bicyclic) bond motifs is 1. The predicted molar refractivity (Wildman–Crippen MR) is 286 cm³/mol. The average molecular weight is 1110 g/mol. The number of rotatable bonds is 17. The van der Waals surface area contributed by atoms with Crippen LogP contribution in [0.15, 0.2) is 144 Å². The number of aryl methyl sites for hydroxylation is 1. The van der Waals surface area contributed by atoms with E-state index in [4.69, 9.17) is 42.7 Å². The standard InChI is InChI=1S/C35H37F5O6Si.C23H31F2NO3Si/c1-33(2,3)47(25-11-7-5-8-12-25,26-13-9-6-10-14-26)45-21-24-20-44-30(22-43-24)34(36,37)18-17-27-28-19-23(35(38,39)40)15-16-29(28)46-31(27)32(41)42-4;1-22(2,3)30(19-10-6-4-7-11-19,20-12-8-5-9-13-20)29-15-18-14-28-21(16-27-18)23(24,25)17-26/h5-16,19,24,30H,17-18,20-22H2,1-4H3;4-13,18,21H,14-17,26H2,1-3H3. The van der Waals surface area contributed by atoms with E-state index in [1.807, 2.05) is 72.8 Å². The molecule has 0 saturated carbocycles. The Labute approximate surface area is 447 Å². The number of carbonyl (C=O) groups is 1. The van der Waals surface area contributed by atoms with Crippen molar-refractivity contribution >= 4 is 54.3 Å². The van der Waals surface area contributed by atoms with Gasteiger partial charge in [0.25, 0.3) is 28.5 Å². The number of furan rings is 1. The molecule has 2 aliphatic heterocycles. The molecular formula is C58H68F7NO9Si2. The summed E-state index contributed by atoms with van der Waals surface area (Å²) in [4.78, 5) is 12.3. The molecule has 4 atom stereocenters. The molecule has 0 spiro atoms. The van der Waals surface area contributed by atoms with Crippen LogP contribution in [0.25, 0.3) is 11.0 Å². The van der Waals surface area contributed by atoms with Gasteiger partial charge in [0.1, 0.15) is 30.0 Å². The summed E-state index contributed by atoms with van der Waals surface area (Å²) in [7, 11) is -4.52. The van der Waals surface area contributed by atoms with Gasteiger partial charge in [-0.05, 0) is 55.4 Å². The van der Waals surface area contributed by atoms with Crippen molar-refractivity contribution in [3.63, 3.8) is 0 Å². The van der Waals surface area contributed by atoms with Gasteiger partial charge in [-0.3, -0.25) is 0 Å². The fourth-order valence-electron chi connectivity index (χ4n) is 10.1. The molecule has 0 bridgehead atoms. The number of esters is 1. The number of benzene rings is 5. The molecule has 4 unspecified atom stereocenters. The van der Waals surface area contributed by atoms with Crippen LogP contribution in [-0.4, -0.2) is 112 Å². The molecular weight excluding hydrogens is 1040 g/mol. The lowest BCUT2D eigenvalue weighted by Gasteiger charge is -2.44. The Morgan fingerprint density at radius 2 is 0.974 bits per heavy atom. The summed E-state index contributed by atoms with van der Waals surface area (Å²) < 4.78 is 145. The molecule has 2 fully saturated rings. The zero-order chi connectivity index (χ0) is 55.9. The number of hydrogen-bond acceptors (Lipinski definition) is 10. The highest BCUT2D eigenvalue weighted by Gasteiger charge is 2.53. The molecule has 2 saturated heterocycles. The van der Waals surface area contributed by atoms with Crippen LogP contribution < -0.4 is 26.5 Å². The van der Waals surface area contributed by atoms with Gasteiger partial charge in [-0.15, -0.1) is 0 Å². The van der Waals surface area contributed by atoms with Crippen LogP contribution in [-0.2, 0) is 45.1 Å². The molecule has 0 aliphatic carbocycles. The first-order valence-electron chi connectivity index (χ1n) is 25.5. The molecule has 19 heteroatoms. The van der Waals surface area contributed by atoms with Gasteiger partial charge in [-0.25, -0.2) is 22.4 Å². The maximum absolute atomic E-state index is 15.5. The SMILES string of the molecule is CC(C)(C)[Si](OCC1COC(C(F)(F)CN)CO1)(c1ccccc1)c1ccccc1.COC(=O)c1oc2ccc(C(F)(F)F)cc2c1CCC(F)(F)C1COC(CO[Si](c2ccccc2)(c2ccccc2)C(C)(C)C)CO1. The molecule has 0 radical (unpaired) electrons. The first-order valence-corrected chi connectivity index (χ1v) is 29.3. The van der Waals surface area contributed by atoms with Crippen LogP contribution in [0.2, 0.25) is 10.1 Å². The number of methoxy groups -OCH3 is 1. The summed E-state index contributed by atoms with van der Waals surface area (Å²) in [6, 6.07) is 43.1. The van der Waals surface area contributed by atoms with Crippen LogP contribution in [0, 0.1) is 0 Å². The van der Waals surface area contributed by atoms with Crippen LogP contribution in [0.4, 0.5) is 30.7 Å². The van der Waals surface area contributed by atoms with Gasteiger partial charge >= 0.3 is 12.1 Å². The van der Waals surface area contributed by atoms with E-state index < -0.39 is 102 Å². The summed E-state index contributed by atoms with van der Waals surface area (Å²) in [5.74, 6) is -7.93. The highest BCUT2D eigenvalue weighted by Crippen LogP contribution is 2.41. The second kappa shape index (κ2) is 24.4. The normalized spacial score (nSPS) is 19.1. The van der Waals surface area contributed by atoms with E-state index in [1.165, 1.54) is 0 Å². The highest BCUT2D eigenvalue weighted by atomic mass is 28.4. The third-order valence-electron chi connectivity index (χ3n) is 14.1. The van der Waals surface area contributed by atoms with Crippen molar-refractivity contribution in [1.82, 2.24) is 0 Å². The monoisotopic (exact) mass is 1110 g/mol. The van der Waals surface area contributed by atoms with Gasteiger partial charge in [-0.1, -0.05) is 163 Å². The molecule has 8 rings (SSSR count). The quantitative estimate of drug-likeness (QED) is 0.0537. The second-order valence-electron chi connectivity index (χ2n) is 21.3. The average Bonchev–Trinajstić information content (AvgIpc) is 3.79. The van der Waals surface area contributed by atoms with Crippen LogP contribution in [0.5, 0.6) is 0 Å². The van der Waals surface area contributed by atoms with Crippen molar-refractivity contribution < 1.29 is 72.5 Å². The maximum atomic E-state index is 15.5. The van der Waals surface area contributed by atoms with Gasteiger partial charge in [0.2, 0.25) is 5.76 Å². The van der Waals surface area contributed by atoms with Gasteiger partial charge < -0.3 is 42.7 Å². The van der Waals surface area contributed by atoms with Gasteiger partial charge in [0.05, 0.1) is 58.9 Å². The third-order valence-corrected chi connectivity index (χ3v) is 24.2. The van der Waals surface area contributed by atoms with Crippen molar-refractivity contribution in [2.24, 2.45) is 5.73 Å². The lowest BCUT2D eigenvalue weighted by molar-refractivity contribution is -0.221. The zero-order valence-corrected chi connectivity index (χ0v) is 46.3. The minimum Gasteiger partial charge on any atom is -0.463 e. The van der Waals surface area contributed by atoms with E-state index in [2.05, 4.69) is 90.1 Å². The lowest BCUT2D eigenvalue weighted by atomic mass is 9.98. The molecule has 6 aromatic rings. The smallest absolute Gasteiger partial charge is 0.416 e. The number of alkyl halides is 7. The van der Waals surface area contributed by atoms with E-state index in [1.54, 1.807) is 0 Å². The largest absolute Gasteiger partial charge is 0.463 e. The molecule has 77 heavy (non-hydrogen) atoms. The lowest BCUT2D eigenvalue weighted by Crippen LogP contribution is -2.67. The summed E-state index contributed by atoms with van der Waals surface area (Å²) in [5.41, 5.74) is 4.03. The molecule has 10 nitrogen and oxygen atoms in total. The van der Waals surface area contributed by atoms with Crippen LogP contribution >= 0.6 is 0 Å². The first kappa shape index (κ1) is 59.4. The molecule has 5 aromatic carbocycles. The summed E-state index contributed by atoms with van der Waals surface area (Å²) in [6.45, 7) is 11.9. The highest BCUT2D eigenvalue weighted by molar-refractivity contribution is 7.00. The topological polar surface area (TPSA) is 121 Å². The Kier molecular flexibility index (Phi) is 18.9. The van der Waals surface area contributed by atoms with Crippen molar-refractivity contribution in [3.8, 4) is 0 Å². The van der Waals surface area contributed by atoms with E-state index >= 15 is 8.78 Å². The van der Waals surface area contributed by atoms with Gasteiger partial charge in [0.15, 0.2) is 0 Å². The van der Waals surface area contributed by atoms with Crippen LogP contribution in [0.1, 0.15) is 69.6 Å².